The van der Waals surface area contributed by atoms with Gasteiger partial charge in [-0.25, -0.2) is 0 Å². The standard InChI is InChI=1S/C17H18ClNO4/c1-3-11(2)19(10-16(20)21)17(22)15-9-8-14(23-15)12-6-4-5-7-13(12)18/h4-9,11H,3,10H2,1-2H3,(H,20,21). The van der Waals surface area contributed by atoms with Crippen LogP contribution < -0.4 is 0 Å². The number of amides is 1. The molecule has 1 unspecified atom stereocenters. The Morgan fingerprint density at radius 3 is 2.57 bits per heavy atom. The Labute approximate surface area is 139 Å². The number of carboxylic acids is 1. The van der Waals surface area contributed by atoms with Crippen molar-refractivity contribution in [2.45, 2.75) is 26.3 Å². The summed E-state index contributed by atoms with van der Waals surface area (Å²) in [5.41, 5.74) is 0.682. The van der Waals surface area contributed by atoms with Crippen molar-refractivity contribution in [3.63, 3.8) is 0 Å². The molecule has 23 heavy (non-hydrogen) atoms. The highest BCUT2D eigenvalue weighted by Crippen LogP contribution is 2.29. The average Bonchev–Trinajstić information content (AvgIpc) is 3.01. The third-order valence-electron chi connectivity index (χ3n) is 3.65. The van der Waals surface area contributed by atoms with Gasteiger partial charge < -0.3 is 14.4 Å². The number of nitrogens with zero attached hydrogens (tertiary/aromatic N) is 1. The van der Waals surface area contributed by atoms with E-state index in [1.54, 1.807) is 31.2 Å². The number of aliphatic carboxylic acids is 1. The fourth-order valence-corrected chi connectivity index (χ4v) is 2.42. The summed E-state index contributed by atoms with van der Waals surface area (Å²) in [6.45, 7) is 3.33. The monoisotopic (exact) mass is 335 g/mol. The predicted octanol–water partition coefficient (Wildman–Crippen LogP) is 3.93. The molecule has 0 aliphatic carbocycles. The number of rotatable bonds is 6. The van der Waals surface area contributed by atoms with Gasteiger partial charge in [-0.1, -0.05) is 30.7 Å². The zero-order valence-corrected chi connectivity index (χ0v) is 13.7. The van der Waals surface area contributed by atoms with E-state index in [2.05, 4.69) is 0 Å². The van der Waals surface area contributed by atoms with E-state index >= 15 is 0 Å². The van der Waals surface area contributed by atoms with E-state index in [0.717, 1.165) is 0 Å². The second kappa shape index (κ2) is 7.33. The van der Waals surface area contributed by atoms with Crippen LogP contribution in [0.5, 0.6) is 0 Å². The number of carboxylic acid groups (broad SMARTS) is 1. The quantitative estimate of drug-likeness (QED) is 0.868. The molecule has 1 atom stereocenters. The van der Waals surface area contributed by atoms with Gasteiger partial charge in [0.25, 0.3) is 5.91 Å². The highest BCUT2D eigenvalue weighted by molar-refractivity contribution is 6.33. The Bertz CT molecular complexity index is 710. The van der Waals surface area contributed by atoms with E-state index in [9.17, 15) is 9.59 Å². The van der Waals surface area contributed by atoms with Gasteiger partial charge in [-0.05, 0) is 37.6 Å². The lowest BCUT2D eigenvalue weighted by atomic mass is 10.2. The lowest BCUT2D eigenvalue weighted by Gasteiger charge is -2.25. The fourth-order valence-electron chi connectivity index (χ4n) is 2.19. The van der Waals surface area contributed by atoms with Crippen molar-refractivity contribution >= 4 is 23.5 Å². The van der Waals surface area contributed by atoms with Crippen molar-refractivity contribution in [1.29, 1.82) is 0 Å². The predicted molar refractivity (Wildman–Crippen MR) is 87.6 cm³/mol. The number of hydrogen-bond acceptors (Lipinski definition) is 3. The molecule has 0 aliphatic heterocycles. The van der Waals surface area contributed by atoms with Crippen LogP contribution in [0.3, 0.4) is 0 Å². The van der Waals surface area contributed by atoms with Crippen molar-refractivity contribution in [1.82, 2.24) is 4.90 Å². The average molecular weight is 336 g/mol. The first-order valence-corrected chi connectivity index (χ1v) is 7.69. The zero-order chi connectivity index (χ0) is 17.0. The third-order valence-corrected chi connectivity index (χ3v) is 3.98. The van der Waals surface area contributed by atoms with Gasteiger partial charge in [-0.2, -0.15) is 0 Å². The maximum atomic E-state index is 12.5. The van der Waals surface area contributed by atoms with Gasteiger partial charge in [0.2, 0.25) is 0 Å². The number of carbonyl (C=O) groups is 2. The van der Waals surface area contributed by atoms with Crippen LogP contribution in [0.15, 0.2) is 40.8 Å². The minimum atomic E-state index is -1.06. The summed E-state index contributed by atoms with van der Waals surface area (Å²) < 4.78 is 5.60. The lowest BCUT2D eigenvalue weighted by Crippen LogP contribution is -2.41. The van der Waals surface area contributed by atoms with E-state index in [0.29, 0.717) is 22.8 Å². The maximum Gasteiger partial charge on any atom is 0.323 e. The molecule has 5 nitrogen and oxygen atoms in total. The van der Waals surface area contributed by atoms with Gasteiger partial charge in [-0.15, -0.1) is 0 Å². The Morgan fingerprint density at radius 2 is 1.96 bits per heavy atom. The van der Waals surface area contributed by atoms with Crippen molar-refractivity contribution in [3.05, 3.63) is 47.2 Å². The largest absolute Gasteiger partial charge is 0.480 e. The van der Waals surface area contributed by atoms with Gasteiger partial charge in [-0.3, -0.25) is 9.59 Å². The summed E-state index contributed by atoms with van der Waals surface area (Å²) in [4.78, 5) is 24.8. The van der Waals surface area contributed by atoms with Crippen LogP contribution in [0.25, 0.3) is 11.3 Å². The first-order valence-electron chi connectivity index (χ1n) is 7.31. The summed E-state index contributed by atoms with van der Waals surface area (Å²) >= 11 is 6.12. The van der Waals surface area contributed by atoms with E-state index in [1.165, 1.54) is 11.0 Å². The summed E-state index contributed by atoms with van der Waals surface area (Å²) in [6.07, 6.45) is 0.650. The molecule has 1 N–H and O–H groups in total. The number of halogens is 1. The molecule has 0 fully saturated rings. The topological polar surface area (TPSA) is 70.8 Å². The third kappa shape index (κ3) is 3.93. The Balaban J connectivity index is 2.29. The fraction of sp³-hybridized carbons (Fsp3) is 0.294. The maximum absolute atomic E-state index is 12.5. The molecule has 1 heterocycles. The molecule has 0 saturated heterocycles. The Hall–Kier alpha value is -2.27. The van der Waals surface area contributed by atoms with Crippen LogP contribution in [-0.4, -0.2) is 34.5 Å². The van der Waals surface area contributed by atoms with E-state index in [-0.39, 0.29) is 18.3 Å². The molecule has 2 rings (SSSR count). The molecule has 1 aromatic heterocycles. The van der Waals surface area contributed by atoms with E-state index < -0.39 is 11.9 Å². The van der Waals surface area contributed by atoms with E-state index in [1.807, 2.05) is 13.0 Å². The second-order valence-corrected chi connectivity index (χ2v) is 5.64. The molecule has 122 valence electrons. The first kappa shape index (κ1) is 17.1. The zero-order valence-electron chi connectivity index (χ0n) is 13.0. The van der Waals surface area contributed by atoms with Crippen molar-refractivity contribution in [3.8, 4) is 11.3 Å². The first-order chi connectivity index (χ1) is 10.9. The van der Waals surface area contributed by atoms with Gasteiger partial charge in [0.1, 0.15) is 12.3 Å². The van der Waals surface area contributed by atoms with E-state index in [4.69, 9.17) is 21.1 Å². The van der Waals surface area contributed by atoms with Crippen LogP contribution in [-0.2, 0) is 4.79 Å². The minimum absolute atomic E-state index is 0.0986. The normalized spacial score (nSPS) is 12.0. The minimum Gasteiger partial charge on any atom is -0.480 e. The number of benzene rings is 1. The smallest absolute Gasteiger partial charge is 0.323 e. The van der Waals surface area contributed by atoms with Crippen LogP contribution in [0.2, 0.25) is 5.02 Å². The molecule has 0 saturated carbocycles. The number of furan rings is 1. The summed E-state index contributed by atoms with van der Waals surface area (Å²) in [5, 5.41) is 9.52. The second-order valence-electron chi connectivity index (χ2n) is 5.23. The molecule has 0 radical (unpaired) electrons. The Morgan fingerprint density at radius 1 is 1.26 bits per heavy atom. The summed E-state index contributed by atoms with van der Waals surface area (Å²) in [6, 6.07) is 10.1. The molecule has 2 aromatic rings. The van der Waals surface area contributed by atoms with Crippen LogP contribution in [0.4, 0.5) is 0 Å². The molecule has 0 spiro atoms. The number of carbonyl (C=O) groups excluding carboxylic acids is 1. The van der Waals surface area contributed by atoms with Crippen LogP contribution >= 0.6 is 11.6 Å². The highest BCUT2D eigenvalue weighted by Gasteiger charge is 2.25. The summed E-state index contributed by atoms with van der Waals surface area (Å²) in [7, 11) is 0. The van der Waals surface area contributed by atoms with Crippen molar-refractivity contribution in [2.24, 2.45) is 0 Å². The molecular weight excluding hydrogens is 318 g/mol. The van der Waals surface area contributed by atoms with Gasteiger partial charge in [0, 0.05) is 11.6 Å². The molecule has 1 aromatic carbocycles. The molecule has 1 amide bonds. The van der Waals surface area contributed by atoms with Crippen LogP contribution in [0.1, 0.15) is 30.8 Å². The molecule has 0 aliphatic rings. The van der Waals surface area contributed by atoms with Crippen molar-refractivity contribution < 1.29 is 19.1 Å². The van der Waals surface area contributed by atoms with Gasteiger partial charge in [0.05, 0.1) is 5.02 Å². The summed E-state index contributed by atoms with van der Waals surface area (Å²) in [5.74, 6) is -0.934. The number of hydrogen-bond donors (Lipinski definition) is 1. The lowest BCUT2D eigenvalue weighted by molar-refractivity contribution is -0.138. The van der Waals surface area contributed by atoms with Gasteiger partial charge in [0.15, 0.2) is 5.76 Å². The molecule has 6 heteroatoms. The Kier molecular flexibility index (Phi) is 5.45. The van der Waals surface area contributed by atoms with Crippen molar-refractivity contribution in [2.75, 3.05) is 6.54 Å². The molecule has 0 bridgehead atoms. The van der Waals surface area contributed by atoms with Gasteiger partial charge >= 0.3 is 5.97 Å². The highest BCUT2D eigenvalue weighted by atomic mass is 35.5. The molecular formula is C17H18ClNO4. The van der Waals surface area contributed by atoms with Crippen LogP contribution in [0, 0.1) is 0 Å². The SMILES string of the molecule is CCC(C)N(CC(=O)O)C(=O)c1ccc(-c2ccccc2Cl)o1.